The molecule has 19 heavy (non-hydrogen) atoms. The number of aliphatic carboxylic acids is 1. The molecule has 5 heteroatoms. The van der Waals surface area contributed by atoms with Gasteiger partial charge in [0.1, 0.15) is 5.82 Å². The van der Waals surface area contributed by atoms with E-state index in [9.17, 15) is 9.18 Å². The molecule has 0 radical (unpaired) electrons. The van der Waals surface area contributed by atoms with E-state index in [4.69, 9.17) is 14.6 Å². The number of carbonyl (C=O) groups is 1. The molecule has 2 rings (SSSR count). The highest BCUT2D eigenvalue weighted by molar-refractivity contribution is 5.69. The molecule has 0 aliphatic heterocycles. The van der Waals surface area contributed by atoms with Gasteiger partial charge in [-0.05, 0) is 30.9 Å². The summed E-state index contributed by atoms with van der Waals surface area (Å²) in [6.07, 6.45) is 1.76. The minimum atomic E-state index is -0.929. The molecule has 1 atom stereocenters. The van der Waals surface area contributed by atoms with Crippen LogP contribution in [0.15, 0.2) is 12.1 Å². The average molecular weight is 268 g/mol. The summed E-state index contributed by atoms with van der Waals surface area (Å²) >= 11 is 0. The van der Waals surface area contributed by atoms with Gasteiger partial charge < -0.3 is 14.6 Å². The third kappa shape index (κ3) is 2.80. The van der Waals surface area contributed by atoms with Gasteiger partial charge in [-0.1, -0.05) is 0 Å². The highest BCUT2D eigenvalue weighted by Crippen LogP contribution is 2.49. The van der Waals surface area contributed by atoms with E-state index >= 15 is 0 Å². The molecule has 1 N–H and O–H groups in total. The van der Waals surface area contributed by atoms with E-state index in [0.29, 0.717) is 17.1 Å². The summed E-state index contributed by atoms with van der Waals surface area (Å²) in [5.74, 6) is -0.776. The van der Waals surface area contributed by atoms with Crippen LogP contribution in [-0.2, 0) is 4.79 Å². The predicted octanol–water partition coefficient (Wildman–Crippen LogP) is 2.81. The number of ether oxygens (including phenoxy) is 2. The van der Waals surface area contributed by atoms with Crippen LogP contribution in [0.3, 0.4) is 0 Å². The maximum Gasteiger partial charge on any atom is 0.303 e. The van der Waals surface area contributed by atoms with Crippen molar-refractivity contribution in [2.75, 3.05) is 14.2 Å². The van der Waals surface area contributed by atoms with E-state index in [1.807, 2.05) is 0 Å². The minimum absolute atomic E-state index is 0.0921. The fraction of sp³-hybridized carbons (Fsp3) is 0.500. The first-order valence-corrected chi connectivity index (χ1v) is 6.20. The lowest BCUT2D eigenvalue weighted by Gasteiger charge is -2.20. The van der Waals surface area contributed by atoms with E-state index in [0.717, 1.165) is 12.8 Å². The Morgan fingerprint density at radius 3 is 2.58 bits per heavy atom. The molecule has 4 nitrogen and oxygen atoms in total. The first-order valence-electron chi connectivity index (χ1n) is 6.20. The van der Waals surface area contributed by atoms with Gasteiger partial charge in [-0.25, -0.2) is 4.39 Å². The second-order valence-electron chi connectivity index (χ2n) is 4.74. The van der Waals surface area contributed by atoms with Crippen molar-refractivity contribution in [3.05, 3.63) is 23.5 Å². The van der Waals surface area contributed by atoms with Gasteiger partial charge in [-0.3, -0.25) is 4.79 Å². The van der Waals surface area contributed by atoms with Crippen molar-refractivity contribution < 1.29 is 23.8 Å². The molecular weight excluding hydrogens is 251 g/mol. The van der Waals surface area contributed by atoms with Gasteiger partial charge in [-0.2, -0.15) is 0 Å². The quantitative estimate of drug-likeness (QED) is 0.862. The van der Waals surface area contributed by atoms with E-state index in [1.165, 1.54) is 26.4 Å². The molecule has 1 aliphatic carbocycles. The van der Waals surface area contributed by atoms with Crippen LogP contribution < -0.4 is 9.47 Å². The summed E-state index contributed by atoms with van der Waals surface area (Å²) in [5, 5.41) is 9.01. The monoisotopic (exact) mass is 268 g/mol. The number of hydrogen-bond acceptors (Lipinski definition) is 3. The third-order valence-electron chi connectivity index (χ3n) is 3.49. The number of methoxy groups -OCH3 is 2. The highest BCUT2D eigenvalue weighted by Gasteiger charge is 2.37. The second-order valence-corrected chi connectivity index (χ2v) is 4.74. The summed E-state index contributed by atoms with van der Waals surface area (Å²) in [7, 11) is 2.91. The summed E-state index contributed by atoms with van der Waals surface area (Å²) in [4.78, 5) is 11.0. The van der Waals surface area contributed by atoms with Gasteiger partial charge in [0.25, 0.3) is 0 Å². The molecule has 1 fully saturated rings. The van der Waals surface area contributed by atoms with Crippen LogP contribution in [0.4, 0.5) is 4.39 Å². The predicted molar refractivity (Wildman–Crippen MR) is 67.2 cm³/mol. The molecule has 1 aromatic carbocycles. The van der Waals surface area contributed by atoms with Crippen molar-refractivity contribution in [3.63, 3.8) is 0 Å². The Labute approximate surface area is 111 Å². The molecule has 0 aromatic heterocycles. The summed E-state index contributed by atoms with van der Waals surface area (Å²) in [5.41, 5.74) is 0.326. The molecule has 0 saturated heterocycles. The molecule has 104 valence electrons. The average Bonchev–Trinajstić information content (AvgIpc) is 3.19. The zero-order chi connectivity index (χ0) is 14.0. The van der Waals surface area contributed by atoms with E-state index in [-0.39, 0.29) is 18.3 Å². The van der Waals surface area contributed by atoms with Crippen LogP contribution in [0.5, 0.6) is 11.5 Å². The first-order chi connectivity index (χ1) is 9.08. The fourth-order valence-corrected chi connectivity index (χ4v) is 2.46. The summed E-state index contributed by atoms with van der Waals surface area (Å²) in [6.45, 7) is 0. The smallest absolute Gasteiger partial charge is 0.303 e. The SMILES string of the molecule is COc1ccc(F)c(C(CC(=O)O)C2CC2)c1OC. The zero-order valence-corrected chi connectivity index (χ0v) is 11.0. The lowest BCUT2D eigenvalue weighted by Crippen LogP contribution is -2.12. The Balaban J connectivity index is 2.47. The van der Waals surface area contributed by atoms with Crippen LogP contribution in [0, 0.1) is 11.7 Å². The Morgan fingerprint density at radius 2 is 2.11 bits per heavy atom. The van der Waals surface area contributed by atoms with E-state index in [2.05, 4.69) is 0 Å². The topological polar surface area (TPSA) is 55.8 Å². The van der Waals surface area contributed by atoms with Crippen LogP contribution in [0.25, 0.3) is 0 Å². The maximum atomic E-state index is 14.1. The van der Waals surface area contributed by atoms with Crippen LogP contribution in [0.1, 0.15) is 30.7 Å². The molecule has 1 aromatic rings. The number of carboxylic acids is 1. The Kier molecular flexibility index (Phi) is 3.93. The van der Waals surface area contributed by atoms with Gasteiger partial charge in [0.15, 0.2) is 11.5 Å². The highest BCUT2D eigenvalue weighted by atomic mass is 19.1. The van der Waals surface area contributed by atoms with E-state index in [1.54, 1.807) is 0 Å². The molecular formula is C14H17FO4. The number of rotatable bonds is 6. The first kappa shape index (κ1) is 13.6. The molecule has 0 amide bonds. The number of carboxylic acid groups (broad SMARTS) is 1. The number of hydrogen-bond donors (Lipinski definition) is 1. The Morgan fingerprint density at radius 1 is 1.42 bits per heavy atom. The second kappa shape index (κ2) is 5.47. The van der Waals surface area contributed by atoms with Crippen molar-refractivity contribution in [2.45, 2.75) is 25.2 Å². The normalized spacial score (nSPS) is 15.9. The Bertz CT molecular complexity index is 483. The van der Waals surface area contributed by atoms with Gasteiger partial charge >= 0.3 is 5.97 Å². The summed E-state index contributed by atoms with van der Waals surface area (Å²) in [6, 6.07) is 2.79. The minimum Gasteiger partial charge on any atom is -0.493 e. The van der Waals surface area contributed by atoms with Gasteiger partial charge in [0.2, 0.25) is 0 Å². The van der Waals surface area contributed by atoms with Gasteiger partial charge in [-0.15, -0.1) is 0 Å². The van der Waals surface area contributed by atoms with Crippen LogP contribution in [0.2, 0.25) is 0 Å². The molecule has 0 spiro atoms. The number of halogens is 1. The molecule has 0 heterocycles. The van der Waals surface area contributed by atoms with Crippen molar-refractivity contribution in [3.8, 4) is 11.5 Å². The summed E-state index contributed by atoms with van der Waals surface area (Å²) < 4.78 is 24.5. The molecule has 1 aliphatic rings. The number of benzene rings is 1. The zero-order valence-electron chi connectivity index (χ0n) is 11.0. The van der Waals surface area contributed by atoms with Crippen molar-refractivity contribution in [1.29, 1.82) is 0 Å². The van der Waals surface area contributed by atoms with Crippen molar-refractivity contribution >= 4 is 5.97 Å². The van der Waals surface area contributed by atoms with E-state index < -0.39 is 11.8 Å². The van der Waals surface area contributed by atoms with Gasteiger partial charge in [0, 0.05) is 11.5 Å². The fourth-order valence-electron chi connectivity index (χ4n) is 2.46. The van der Waals surface area contributed by atoms with Crippen LogP contribution >= 0.6 is 0 Å². The molecule has 1 unspecified atom stereocenters. The lowest BCUT2D eigenvalue weighted by molar-refractivity contribution is -0.137. The lowest BCUT2D eigenvalue weighted by atomic mass is 9.89. The molecule has 0 bridgehead atoms. The standard InChI is InChI=1S/C14H17FO4/c1-18-11-6-5-10(15)13(14(11)19-2)9(7-12(16)17)8-3-4-8/h5-6,8-9H,3-4,7H2,1-2H3,(H,16,17). The van der Waals surface area contributed by atoms with Gasteiger partial charge in [0.05, 0.1) is 20.6 Å². The largest absolute Gasteiger partial charge is 0.493 e. The third-order valence-corrected chi connectivity index (χ3v) is 3.49. The van der Waals surface area contributed by atoms with Crippen molar-refractivity contribution in [2.24, 2.45) is 5.92 Å². The van der Waals surface area contributed by atoms with Crippen LogP contribution in [-0.4, -0.2) is 25.3 Å². The molecule has 1 saturated carbocycles. The Hall–Kier alpha value is -1.78. The maximum absolute atomic E-state index is 14.1. The van der Waals surface area contributed by atoms with Crippen molar-refractivity contribution in [1.82, 2.24) is 0 Å².